The number of aromatic nitrogens is 1. The van der Waals surface area contributed by atoms with Gasteiger partial charge >= 0.3 is 0 Å². The number of nitrogens with one attached hydrogen (secondary N) is 1. The number of hydrogen-bond acceptors (Lipinski definition) is 5. The van der Waals surface area contributed by atoms with Crippen LogP contribution in [0.25, 0.3) is 0 Å². The van der Waals surface area contributed by atoms with Gasteiger partial charge in [-0.1, -0.05) is 0 Å². The highest BCUT2D eigenvalue weighted by Crippen LogP contribution is 2.32. The number of likely N-dealkylation sites (tertiary alicyclic amines) is 1. The SMILES string of the molecule is O=C(c1cncc(Nc2ccc(F)cc2F)c1)N1CCC2(CC1)OCCO2. The summed E-state index contributed by atoms with van der Waals surface area (Å²) in [6.07, 6.45) is 4.21. The van der Waals surface area contributed by atoms with Crippen LogP contribution >= 0.6 is 0 Å². The molecule has 2 aromatic rings. The Balaban J connectivity index is 1.45. The lowest BCUT2D eigenvalue weighted by molar-refractivity contribution is -0.181. The van der Waals surface area contributed by atoms with Crippen LogP contribution in [0.1, 0.15) is 23.2 Å². The molecule has 0 unspecified atom stereocenters. The lowest BCUT2D eigenvalue weighted by Gasteiger charge is -2.37. The van der Waals surface area contributed by atoms with Crippen molar-refractivity contribution in [2.45, 2.75) is 18.6 Å². The summed E-state index contributed by atoms with van der Waals surface area (Å²) in [6, 6.07) is 4.85. The maximum Gasteiger partial charge on any atom is 0.255 e. The van der Waals surface area contributed by atoms with Crippen molar-refractivity contribution in [2.75, 3.05) is 31.6 Å². The zero-order valence-corrected chi connectivity index (χ0v) is 14.6. The van der Waals surface area contributed by atoms with Crippen LogP contribution in [0.2, 0.25) is 0 Å². The molecule has 0 saturated carbocycles. The molecule has 1 aromatic carbocycles. The van der Waals surface area contributed by atoms with Gasteiger partial charge in [-0.2, -0.15) is 0 Å². The number of benzene rings is 1. The molecule has 142 valence electrons. The average Bonchev–Trinajstić information content (AvgIpc) is 3.12. The third-order valence-electron chi connectivity index (χ3n) is 4.82. The molecule has 8 heteroatoms. The molecular formula is C19H19F2N3O3. The molecule has 0 atom stereocenters. The molecule has 0 radical (unpaired) electrons. The van der Waals surface area contributed by atoms with Gasteiger partial charge in [-0.15, -0.1) is 0 Å². The molecule has 1 spiro atoms. The van der Waals surface area contributed by atoms with Gasteiger partial charge in [0.25, 0.3) is 5.91 Å². The second-order valence-corrected chi connectivity index (χ2v) is 6.61. The second-order valence-electron chi connectivity index (χ2n) is 6.61. The number of anilines is 2. The van der Waals surface area contributed by atoms with E-state index in [1.165, 1.54) is 18.5 Å². The Morgan fingerprint density at radius 2 is 1.85 bits per heavy atom. The van der Waals surface area contributed by atoms with Crippen molar-refractivity contribution < 1.29 is 23.0 Å². The van der Waals surface area contributed by atoms with Crippen LogP contribution in [-0.4, -0.2) is 47.9 Å². The van der Waals surface area contributed by atoms with Crippen LogP contribution in [0.3, 0.4) is 0 Å². The van der Waals surface area contributed by atoms with E-state index in [2.05, 4.69) is 10.3 Å². The van der Waals surface area contributed by atoms with Crippen molar-refractivity contribution in [1.82, 2.24) is 9.88 Å². The zero-order chi connectivity index (χ0) is 18.9. The Labute approximate surface area is 155 Å². The van der Waals surface area contributed by atoms with Crippen LogP contribution in [0, 0.1) is 11.6 Å². The van der Waals surface area contributed by atoms with Gasteiger partial charge in [0, 0.05) is 38.2 Å². The fraction of sp³-hybridized carbons (Fsp3) is 0.368. The Morgan fingerprint density at radius 1 is 1.11 bits per heavy atom. The van der Waals surface area contributed by atoms with Crippen LogP contribution < -0.4 is 5.32 Å². The summed E-state index contributed by atoms with van der Waals surface area (Å²) >= 11 is 0. The fourth-order valence-corrected chi connectivity index (χ4v) is 3.39. The molecule has 2 aliphatic heterocycles. The molecule has 2 saturated heterocycles. The summed E-state index contributed by atoms with van der Waals surface area (Å²) in [5.41, 5.74) is 0.951. The Morgan fingerprint density at radius 3 is 2.56 bits per heavy atom. The summed E-state index contributed by atoms with van der Waals surface area (Å²) in [6.45, 7) is 2.24. The first-order chi connectivity index (χ1) is 13.0. The number of carbonyl (C=O) groups excluding carboxylic acids is 1. The molecule has 6 nitrogen and oxygen atoms in total. The van der Waals surface area contributed by atoms with Crippen molar-refractivity contribution in [3.05, 3.63) is 53.9 Å². The molecule has 2 aliphatic rings. The van der Waals surface area contributed by atoms with Gasteiger partial charge in [0.2, 0.25) is 0 Å². The number of piperidine rings is 1. The molecular weight excluding hydrogens is 356 g/mol. The van der Waals surface area contributed by atoms with E-state index in [9.17, 15) is 13.6 Å². The number of ether oxygens (including phenoxy) is 2. The highest BCUT2D eigenvalue weighted by atomic mass is 19.1. The van der Waals surface area contributed by atoms with E-state index in [1.54, 1.807) is 11.0 Å². The zero-order valence-electron chi connectivity index (χ0n) is 14.6. The van der Waals surface area contributed by atoms with Gasteiger partial charge in [0.05, 0.1) is 36.3 Å². The highest BCUT2D eigenvalue weighted by Gasteiger charge is 2.40. The molecule has 2 fully saturated rings. The number of nitrogens with zero attached hydrogens (tertiary/aromatic N) is 2. The minimum absolute atomic E-state index is 0.109. The predicted octanol–water partition coefficient (Wildman–Crippen LogP) is 3.08. The standard InChI is InChI=1S/C19H19F2N3O3/c20-14-1-2-17(16(21)10-14)23-15-9-13(11-22-12-15)18(25)24-5-3-19(4-6-24)26-7-8-27-19/h1-2,9-12,23H,3-8H2. The minimum Gasteiger partial charge on any atom is -0.352 e. The third kappa shape index (κ3) is 3.77. The number of hydrogen-bond donors (Lipinski definition) is 1. The second kappa shape index (κ2) is 7.21. The van der Waals surface area contributed by atoms with Gasteiger partial charge < -0.3 is 19.7 Å². The number of halogens is 2. The maximum absolute atomic E-state index is 13.8. The van der Waals surface area contributed by atoms with Crippen LogP contribution in [-0.2, 0) is 9.47 Å². The summed E-state index contributed by atoms with van der Waals surface area (Å²) in [4.78, 5) is 18.6. The molecule has 1 N–H and O–H groups in total. The van der Waals surface area contributed by atoms with E-state index in [0.717, 1.165) is 12.1 Å². The normalized spacial score (nSPS) is 18.7. The molecule has 1 amide bonds. The van der Waals surface area contributed by atoms with Crippen LogP contribution in [0.4, 0.5) is 20.2 Å². The highest BCUT2D eigenvalue weighted by molar-refractivity contribution is 5.95. The van der Waals surface area contributed by atoms with Crippen LogP contribution in [0.15, 0.2) is 36.7 Å². The van der Waals surface area contributed by atoms with Crippen LogP contribution in [0.5, 0.6) is 0 Å². The summed E-state index contributed by atoms with van der Waals surface area (Å²) in [5, 5.41) is 2.82. The number of carbonyl (C=O) groups is 1. The average molecular weight is 375 g/mol. The Bertz CT molecular complexity index is 846. The Hall–Kier alpha value is -2.58. The molecule has 0 aliphatic carbocycles. The van der Waals surface area contributed by atoms with E-state index in [-0.39, 0.29) is 11.6 Å². The first-order valence-electron chi connectivity index (χ1n) is 8.79. The van der Waals surface area contributed by atoms with Crippen molar-refractivity contribution in [1.29, 1.82) is 0 Å². The number of rotatable bonds is 3. The quantitative estimate of drug-likeness (QED) is 0.893. The van der Waals surface area contributed by atoms with E-state index in [0.29, 0.717) is 50.4 Å². The first kappa shape index (κ1) is 17.8. The molecule has 27 heavy (non-hydrogen) atoms. The lowest BCUT2D eigenvalue weighted by atomic mass is 10.0. The van der Waals surface area contributed by atoms with Crippen molar-refractivity contribution in [2.24, 2.45) is 0 Å². The van der Waals surface area contributed by atoms with Gasteiger partial charge in [0.1, 0.15) is 11.6 Å². The molecule has 1 aromatic heterocycles. The largest absolute Gasteiger partial charge is 0.352 e. The van der Waals surface area contributed by atoms with Gasteiger partial charge in [-0.3, -0.25) is 9.78 Å². The molecule has 0 bridgehead atoms. The number of amides is 1. The molecule has 4 rings (SSSR count). The van der Waals surface area contributed by atoms with Crippen molar-refractivity contribution >= 4 is 17.3 Å². The summed E-state index contributed by atoms with van der Waals surface area (Å²) in [7, 11) is 0. The van der Waals surface area contributed by atoms with E-state index in [4.69, 9.17) is 9.47 Å². The van der Waals surface area contributed by atoms with E-state index in [1.807, 2.05) is 0 Å². The fourth-order valence-electron chi connectivity index (χ4n) is 3.39. The third-order valence-corrected chi connectivity index (χ3v) is 4.82. The maximum atomic E-state index is 13.8. The lowest BCUT2D eigenvalue weighted by Crippen LogP contribution is -2.47. The van der Waals surface area contributed by atoms with E-state index >= 15 is 0 Å². The van der Waals surface area contributed by atoms with Gasteiger partial charge in [-0.25, -0.2) is 8.78 Å². The topological polar surface area (TPSA) is 63.7 Å². The van der Waals surface area contributed by atoms with Gasteiger partial charge in [0.15, 0.2) is 5.79 Å². The first-order valence-corrected chi connectivity index (χ1v) is 8.79. The predicted molar refractivity (Wildman–Crippen MR) is 93.7 cm³/mol. The summed E-state index contributed by atoms with van der Waals surface area (Å²) < 4.78 is 38.2. The summed E-state index contributed by atoms with van der Waals surface area (Å²) in [5.74, 6) is -2.07. The van der Waals surface area contributed by atoms with Gasteiger partial charge in [-0.05, 0) is 18.2 Å². The Kier molecular flexibility index (Phi) is 4.75. The minimum atomic E-state index is -0.718. The molecule has 3 heterocycles. The smallest absolute Gasteiger partial charge is 0.255 e. The number of pyridine rings is 1. The monoisotopic (exact) mass is 375 g/mol. The van der Waals surface area contributed by atoms with Crippen molar-refractivity contribution in [3.8, 4) is 0 Å². The van der Waals surface area contributed by atoms with E-state index < -0.39 is 17.4 Å². The van der Waals surface area contributed by atoms with Crippen molar-refractivity contribution in [3.63, 3.8) is 0 Å².